The van der Waals surface area contributed by atoms with Crippen molar-refractivity contribution in [3.8, 4) is 22.8 Å². The number of nitrogens with one attached hydrogen (secondary N) is 1. The van der Waals surface area contributed by atoms with Crippen LogP contribution in [-0.4, -0.2) is 56.2 Å². The Morgan fingerprint density at radius 3 is 2.54 bits per heavy atom. The number of carbonyl (C=O) groups is 2. The molecule has 0 bridgehead atoms. The number of aromatic nitrogens is 4. The van der Waals surface area contributed by atoms with E-state index in [0.29, 0.717) is 34.5 Å². The fourth-order valence-corrected chi connectivity index (χ4v) is 4.89. The van der Waals surface area contributed by atoms with E-state index in [1.807, 2.05) is 30.5 Å². The Kier molecular flexibility index (Phi) is 11.0. The fourth-order valence-electron chi connectivity index (χ4n) is 4.18. The van der Waals surface area contributed by atoms with Gasteiger partial charge in [-0.25, -0.2) is 4.68 Å². The van der Waals surface area contributed by atoms with Crippen LogP contribution >= 0.6 is 35.0 Å². The highest BCUT2D eigenvalue weighted by molar-refractivity contribution is 7.98. The molecule has 3 heterocycles. The first kappa shape index (κ1) is 30.4. The molecule has 0 saturated carbocycles. The van der Waals surface area contributed by atoms with Crippen molar-refractivity contribution in [1.29, 1.82) is 0 Å². The SMILES string of the molecule is CSCCc1c(-c2cccnc2)nn(-c2ccc(Cl)c(Cl)c2)c1OCCCC(=O)N[C@@H](Cc1cccnc1)C(N)=O. The van der Waals surface area contributed by atoms with Crippen molar-refractivity contribution in [3.63, 3.8) is 0 Å². The summed E-state index contributed by atoms with van der Waals surface area (Å²) in [5.74, 6) is 0.511. The van der Waals surface area contributed by atoms with Crippen LogP contribution in [0.15, 0.2) is 67.3 Å². The van der Waals surface area contributed by atoms with Gasteiger partial charge in [-0.05, 0) is 66.8 Å². The molecule has 0 fully saturated rings. The van der Waals surface area contributed by atoms with Crippen molar-refractivity contribution in [1.82, 2.24) is 25.1 Å². The normalized spacial score (nSPS) is 11.7. The number of hydrogen-bond acceptors (Lipinski definition) is 7. The zero-order chi connectivity index (χ0) is 29.2. The van der Waals surface area contributed by atoms with Crippen molar-refractivity contribution in [2.24, 2.45) is 5.73 Å². The van der Waals surface area contributed by atoms with Gasteiger partial charge < -0.3 is 15.8 Å². The second-order valence-corrected chi connectivity index (χ2v) is 11.0. The lowest BCUT2D eigenvalue weighted by Gasteiger charge is -2.16. The van der Waals surface area contributed by atoms with E-state index in [0.717, 1.165) is 28.1 Å². The first-order chi connectivity index (χ1) is 19.9. The molecule has 3 N–H and O–H groups in total. The van der Waals surface area contributed by atoms with E-state index < -0.39 is 11.9 Å². The average Bonchev–Trinajstić information content (AvgIpc) is 3.34. The second-order valence-electron chi connectivity index (χ2n) is 9.17. The molecule has 0 aliphatic carbocycles. The van der Waals surface area contributed by atoms with Crippen LogP contribution in [0.4, 0.5) is 0 Å². The largest absolute Gasteiger partial charge is 0.477 e. The van der Waals surface area contributed by atoms with Crippen molar-refractivity contribution in [3.05, 3.63) is 88.4 Å². The lowest BCUT2D eigenvalue weighted by molar-refractivity contribution is -0.127. The highest BCUT2D eigenvalue weighted by Gasteiger charge is 2.23. The summed E-state index contributed by atoms with van der Waals surface area (Å²) < 4.78 is 8.01. The molecular formula is C29H30Cl2N6O3S. The molecule has 12 heteroatoms. The number of benzene rings is 1. The molecule has 0 aliphatic rings. The Morgan fingerprint density at radius 1 is 1.10 bits per heavy atom. The van der Waals surface area contributed by atoms with Crippen LogP contribution in [-0.2, 0) is 22.4 Å². The minimum Gasteiger partial charge on any atom is -0.477 e. The highest BCUT2D eigenvalue weighted by atomic mass is 35.5. The summed E-state index contributed by atoms with van der Waals surface area (Å²) in [5.41, 5.74) is 9.56. The van der Waals surface area contributed by atoms with E-state index in [2.05, 4.69) is 15.3 Å². The minimum absolute atomic E-state index is 0.146. The summed E-state index contributed by atoms with van der Waals surface area (Å²) >= 11 is 14.2. The number of hydrogen-bond donors (Lipinski definition) is 2. The number of ether oxygens (including phenoxy) is 1. The zero-order valence-corrected chi connectivity index (χ0v) is 24.8. The Balaban J connectivity index is 1.51. The smallest absolute Gasteiger partial charge is 0.240 e. The predicted octanol–water partition coefficient (Wildman–Crippen LogP) is 4.91. The van der Waals surface area contributed by atoms with Crippen LogP contribution in [0, 0.1) is 0 Å². The molecule has 3 aromatic heterocycles. The topological polar surface area (TPSA) is 125 Å². The van der Waals surface area contributed by atoms with Crippen molar-refractivity contribution < 1.29 is 14.3 Å². The summed E-state index contributed by atoms with van der Waals surface area (Å²) in [4.78, 5) is 32.9. The molecule has 0 aliphatic heterocycles. The molecule has 0 saturated heterocycles. The van der Waals surface area contributed by atoms with Gasteiger partial charge >= 0.3 is 0 Å². The van der Waals surface area contributed by atoms with Gasteiger partial charge in [0.1, 0.15) is 11.7 Å². The van der Waals surface area contributed by atoms with Crippen LogP contribution in [0.1, 0.15) is 24.0 Å². The number of carbonyl (C=O) groups excluding carboxylic acids is 2. The lowest BCUT2D eigenvalue weighted by Crippen LogP contribution is -2.45. The highest BCUT2D eigenvalue weighted by Crippen LogP contribution is 2.35. The summed E-state index contributed by atoms with van der Waals surface area (Å²) in [6.45, 7) is 0.239. The molecule has 1 atom stereocenters. The number of thioether (sulfide) groups is 1. The Morgan fingerprint density at radius 2 is 1.88 bits per heavy atom. The molecule has 0 spiro atoms. The van der Waals surface area contributed by atoms with Gasteiger partial charge in [0.15, 0.2) is 0 Å². The standard InChI is InChI=1S/C29H30Cl2N6O3S/c1-41-14-10-22-27(20-6-3-12-34-18-20)36-37(21-8-9-23(30)24(31)16-21)29(22)40-13-4-7-26(38)35-25(28(32)39)15-19-5-2-11-33-17-19/h2-3,5-6,8-9,11-12,16-18,25H,4,7,10,13-15H2,1H3,(H2,32,39)(H,35,38)/t25-/m0/s1. The third kappa shape index (κ3) is 8.22. The minimum atomic E-state index is -0.830. The molecular weight excluding hydrogens is 583 g/mol. The monoisotopic (exact) mass is 612 g/mol. The summed E-state index contributed by atoms with van der Waals surface area (Å²) in [7, 11) is 0. The molecule has 4 aromatic rings. The fraction of sp³-hybridized carbons (Fsp3) is 0.276. The number of amides is 2. The first-order valence-corrected chi connectivity index (χ1v) is 15.1. The van der Waals surface area contributed by atoms with Crippen molar-refractivity contribution in [2.45, 2.75) is 31.7 Å². The number of rotatable bonds is 14. The molecule has 1 aromatic carbocycles. The maximum atomic E-state index is 12.7. The van der Waals surface area contributed by atoms with Gasteiger partial charge in [-0.1, -0.05) is 29.3 Å². The van der Waals surface area contributed by atoms with Gasteiger partial charge in [-0.2, -0.15) is 16.9 Å². The van der Waals surface area contributed by atoms with Crippen LogP contribution in [0.3, 0.4) is 0 Å². The molecule has 0 unspecified atom stereocenters. The third-order valence-electron chi connectivity index (χ3n) is 6.20. The van der Waals surface area contributed by atoms with Gasteiger partial charge in [0.05, 0.1) is 22.3 Å². The van der Waals surface area contributed by atoms with Crippen LogP contribution in [0.5, 0.6) is 5.88 Å². The Labute approximate surface area is 252 Å². The van der Waals surface area contributed by atoms with E-state index in [4.69, 9.17) is 38.8 Å². The molecule has 0 radical (unpaired) electrons. The van der Waals surface area contributed by atoms with Gasteiger partial charge in [0, 0.05) is 48.8 Å². The van der Waals surface area contributed by atoms with Crippen LogP contribution < -0.4 is 15.8 Å². The zero-order valence-electron chi connectivity index (χ0n) is 22.4. The van der Waals surface area contributed by atoms with E-state index in [1.54, 1.807) is 59.4 Å². The van der Waals surface area contributed by atoms with Gasteiger partial charge in [0.2, 0.25) is 17.7 Å². The molecule has 4 rings (SSSR count). The van der Waals surface area contributed by atoms with Crippen molar-refractivity contribution in [2.75, 3.05) is 18.6 Å². The quantitative estimate of drug-likeness (QED) is 0.194. The maximum absolute atomic E-state index is 12.7. The lowest BCUT2D eigenvalue weighted by atomic mass is 10.1. The van der Waals surface area contributed by atoms with E-state index in [9.17, 15) is 9.59 Å². The van der Waals surface area contributed by atoms with Gasteiger partial charge in [-0.15, -0.1) is 0 Å². The van der Waals surface area contributed by atoms with E-state index >= 15 is 0 Å². The summed E-state index contributed by atoms with van der Waals surface area (Å²) in [5, 5.41) is 8.45. The first-order valence-electron chi connectivity index (χ1n) is 12.9. The Bertz CT molecular complexity index is 1470. The second kappa shape index (κ2) is 14.9. The molecule has 214 valence electrons. The van der Waals surface area contributed by atoms with E-state index in [-0.39, 0.29) is 25.4 Å². The number of nitrogens with two attached hydrogens (primary N) is 1. The molecule has 41 heavy (non-hydrogen) atoms. The maximum Gasteiger partial charge on any atom is 0.240 e. The molecule has 2 amide bonds. The van der Waals surface area contributed by atoms with Gasteiger partial charge in [0.25, 0.3) is 0 Å². The van der Waals surface area contributed by atoms with E-state index in [1.165, 1.54) is 0 Å². The van der Waals surface area contributed by atoms with Crippen LogP contribution in [0.2, 0.25) is 10.0 Å². The molecule has 9 nitrogen and oxygen atoms in total. The summed E-state index contributed by atoms with van der Waals surface area (Å²) in [6.07, 6.45) is 10.3. The van der Waals surface area contributed by atoms with Gasteiger partial charge in [-0.3, -0.25) is 19.6 Å². The van der Waals surface area contributed by atoms with Crippen molar-refractivity contribution >= 4 is 46.8 Å². The average molecular weight is 614 g/mol. The number of pyridine rings is 2. The predicted molar refractivity (Wildman–Crippen MR) is 163 cm³/mol. The Hall–Kier alpha value is -3.60. The summed E-state index contributed by atoms with van der Waals surface area (Å²) in [6, 6.07) is 11.8. The number of nitrogens with zero attached hydrogens (tertiary/aromatic N) is 4. The number of halogens is 2. The van der Waals surface area contributed by atoms with Crippen LogP contribution in [0.25, 0.3) is 16.9 Å². The third-order valence-corrected chi connectivity index (χ3v) is 7.55. The number of primary amides is 1.